The number of ketones is 1. The van der Waals surface area contributed by atoms with Gasteiger partial charge in [0.25, 0.3) is 0 Å². The van der Waals surface area contributed by atoms with Crippen LogP contribution in [0.5, 0.6) is 0 Å². The maximum absolute atomic E-state index is 12.2. The van der Waals surface area contributed by atoms with Gasteiger partial charge in [0.15, 0.2) is 5.78 Å². The molecule has 0 bridgehead atoms. The topological polar surface area (TPSA) is 76.0 Å². The van der Waals surface area contributed by atoms with Gasteiger partial charge in [-0.1, -0.05) is 13.8 Å². The van der Waals surface area contributed by atoms with Gasteiger partial charge in [-0.25, -0.2) is 9.79 Å². The molecule has 0 radical (unpaired) electrons. The van der Waals surface area contributed by atoms with Gasteiger partial charge in [-0.15, -0.1) is 11.3 Å². The maximum Gasteiger partial charge on any atom is 0.341 e. The summed E-state index contributed by atoms with van der Waals surface area (Å²) in [5.74, 6) is -0.487. The highest BCUT2D eigenvalue weighted by Crippen LogP contribution is 2.37. The van der Waals surface area contributed by atoms with Crippen molar-refractivity contribution < 1.29 is 19.4 Å². The van der Waals surface area contributed by atoms with Crippen LogP contribution < -0.4 is 0 Å². The maximum atomic E-state index is 12.2. The van der Waals surface area contributed by atoms with E-state index in [9.17, 15) is 14.7 Å². The normalized spacial score (nSPS) is 17.6. The number of carbonyl (C=O) groups is 2. The van der Waals surface area contributed by atoms with Gasteiger partial charge in [0.2, 0.25) is 0 Å². The standard InChI is InChI=1S/C18H23NO4S/c1-6-23-17(22)15-10(2)11(3)24-16(15)19-9-12-13(20)7-18(4,5)8-14(12)21/h9,20H,6-8H2,1-5H3/b19-9+. The molecule has 1 N–H and O–H groups in total. The minimum atomic E-state index is -0.416. The van der Waals surface area contributed by atoms with Crippen molar-refractivity contribution >= 4 is 34.3 Å². The number of aliphatic hydroxyl groups is 1. The number of Topliss-reactive ketones (excluding diaryl/α,β-unsaturated/α-hetero) is 1. The molecule has 0 unspecified atom stereocenters. The summed E-state index contributed by atoms with van der Waals surface area (Å²) in [6, 6.07) is 0. The number of aliphatic imine (C=N–C) groups is 1. The third-order valence-corrected chi connectivity index (χ3v) is 5.17. The smallest absolute Gasteiger partial charge is 0.341 e. The molecule has 0 aromatic carbocycles. The SMILES string of the molecule is CCOC(=O)c1c(/N=C/C2=C(O)CC(C)(C)CC2=O)sc(C)c1C. The number of thiophene rings is 1. The summed E-state index contributed by atoms with van der Waals surface area (Å²) < 4.78 is 5.09. The molecule has 0 aliphatic heterocycles. The number of aryl methyl sites for hydroxylation is 1. The Kier molecular flexibility index (Phi) is 5.28. The van der Waals surface area contributed by atoms with Crippen molar-refractivity contribution in [3.63, 3.8) is 0 Å². The lowest BCUT2D eigenvalue weighted by atomic mass is 9.77. The molecule has 1 heterocycles. The van der Waals surface area contributed by atoms with Crippen molar-refractivity contribution in [1.82, 2.24) is 0 Å². The summed E-state index contributed by atoms with van der Waals surface area (Å²) in [5, 5.41) is 10.7. The highest BCUT2D eigenvalue weighted by Gasteiger charge is 2.32. The Morgan fingerprint density at radius 3 is 2.62 bits per heavy atom. The average Bonchev–Trinajstić information content (AvgIpc) is 2.72. The van der Waals surface area contributed by atoms with Gasteiger partial charge < -0.3 is 9.84 Å². The van der Waals surface area contributed by atoms with Crippen LogP contribution in [0.25, 0.3) is 0 Å². The zero-order chi connectivity index (χ0) is 18.1. The molecule has 1 aliphatic carbocycles. The van der Waals surface area contributed by atoms with Gasteiger partial charge in [0.05, 0.1) is 17.7 Å². The number of allylic oxidation sites excluding steroid dienone is 2. The quantitative estimate of drug-likeness (QED) is 0.644. The van der Waals surface area contributed by atoms with Crippen LogP contribution in [0, 0.1) is 19.3 Å². The largest absolute Gasteiger partial charge is 0.511 e. The predicted octanol–water partition coefficient (Wildman–Crippen LogP) is 4.45. The van der Waals surface area contributed by atoms with Crippen LogP contribution in [0.1, 0.15) is 54.4 Å². The summed E-state index contributed by atoms with van der Waals surface area (Å²) in [6.45, 7) is 9.69. The number of hydrogen-bond donors (Lipinski definition) is 1. The van der Waals surface area contributed by atoms with E-state index in [1.54, 1.807) is 6.92 Å². The van der Waals surface area contributed by atoms with Crippen molar-refractivity contribution in [2.24, 2.45) is 10.4 Å². The minimum absolute atomic E-state index is 0.0580. The average molecular weight is 349 g/mol. The molecule has 0 atom stereocenters. The van der Waals surface area contributed by atoms with E-state index in [0.29, 0.717) is 23.4 Å². The van der Waals surface area contributed by atoms with Crippen LogP contribution in [0.4, 0.5) is 5.00 Å². The van der Waals surface area contributed by atoms with Gasteiger partial charge in [0, 0.05) is 23.9 Å². The molecular formula is C18H23NO4S. The molecule has 5 nitrogen and oxygen atoms in total. The van der Waals surface area contributed by atoms with Crippen molar-refractivity contribution in [3.8, 4) is 0 Å². The minimum Gasteiger partial charge on any atom is -0.511 e. The van der Waals surface area contributed by atoms with Gasteiger partial charge in [-0.2, -0.15) is 0 Å². The second-order valence-electron chi connectivity index (χ2n) is 6.74. The first-order valence-electron chi connectivity index (χ1n) is 7.92. The summed E-state index contributed by atoms with van der Waals surface area (Å²) in [7, 11) is 0. The van der Waals surface area contributed by atoms with E-state index in [-0.39, 0.29) is 29.1 Å². The monoisotopic (exact) mass is 349 g/mol. The van der Waals surface area contributed by atoms with Crippen LogP contribution in [0.3, 0.4) is 0 Å². The molecule has 130 valence electrons. The Morgan fingerprint density at radius 1 is 1.38 bits per heavy atom. The van der Waals surface area contributed by atoms with Gasteiger partial charge in [-0.05, 0) is 31.7 Å². The lowest BCUT2D eigenvalue weighted by Gasteiger charge is -2.28. The lowest BCUT2D eigenvalue weighted by molar-refractivity contribution is -0.117. The first-order chi connectivity index (χ1) is 11.2. The summed E-state index contributed by atoms with van der Waals surface area (Å²) in [5.41, 5.74) is 1.25. The second-order valence-corrected chi connectivity index (χ2v) is 7.95. The zero-order valence-electron chi connectivity index (χ0n) is 14.7. The molecular weight excluding hydrogens is 326 g/mol. The molecule has 0 saturated heterocycles. The molecule has 1 aromatic rings. The van der Waals surface area contributed by atoms with Gasteiger partial charge in [0.1, 0.15) is 10.8 Å². The molecule has 0 saturated carbocycles. The fraction of sp³-hybridized carbons (Fsp3) is 0.500. The van der Waals surface area contributed by atoms with E-state index in [4.69, 9.17) is 4.74 Å². The van der Waals surface area contributed by atoms with E-state index >= 15 is 0 Å². The van der Waals surface area contributed by atoms with Gasteiger partial charge >= 0.3 is 5.97 Å². The van der Waals surface area contributed by atoms with Crippen molar-refractivity contribution in [2.75, 3.05) is 6.61 Å². The predicted molar refractivity (Wildman–Crippen MR) is 95.6 cm³/mol. The number of aliphatic hydroxyl groups excluding tert-OH is 1. The Labute approximate surface area is 146 Å². The summed E-state index contributed by atoms with van der Waals surface area (Å²) >= 11 is 1.37. The first kappa shape index (κ1) is 18.4. The highest BCUT2D eigenvalue weighted by atomic mass is 32.1. The molecule has 24 heavy (non-hydrogen) atoms. The number of esters is 1. The van der Waals surface area contributed by atoms with Crippen molar-refractivity contribution in [1.29, 1.82) is 0 Å². The Bertz CT molecular complexity index is 740. The number of hydrogen-bond acceptors (Lipinski definition) is 6. The van der Waals surface area contributed by atoms with Crippen molar-refractivity contribution in [2.45, 2.75) is 47.5 Å². The van der Waals surface area contributed by atoms with E-state index in [2.05, 4.69) is 4.99 Å². The number of nitrogens with zero attached hydrogens (tertiary/aromatic N) is 1. The highest BCUT2D eigenvalue weighted by molar-refractivity contribution is 7.16. The summed E-state index contributed by atoms with van der Waals surface area (Å²) in [6.07, 6.45) is 2.18. The number of carbonyl (C=O) groups excluding carboxylic acids is 2. The molecule has 1 aromatic heterocycles. The van der Waals surface area contributed by atoms with Gasteiger partial charge in [-0.3, -0.25) is 4.79 Å². The summed E-state index contributed by atoms with van der Waals surface area (Å²) in [4.78, 5) is 29.7. The third kappa shape index (κ3) is 3.75. The number of ether oxygens (including phenoxy) is 1. The fourth-order valence-electron chi connectivity index (χ4n) is 2.72. The van der Waals surface area contributed by atoms with Crippen molar-refractivity contribution in [3.05, 3.63) is 27.3 Å². The first-order valence-corrected chi connectivity index (χ1v) is 8.74. The number of rotatable bonds is 4. The molecule has 0 amide bonds. The van der Waals surface area contributed by atoms with Crippen LogP contribution in [0.2, 0.25) is 0 Å². The molecule has 2 rings (SSSR count). The van der Waals surface area contributed by atoms with Crippen LogP contribution >= 0.6 is 11.3 Å². The Balaban J connectivity index is 2.38. The zero-order valence-corrected chi connectivity index (χ0v) is 15.5. The molecule has 6 heteroatoms. The Hall–Kier alpha value is -1.95. The molecule has 0 spiro atoms. The van der Waals surface area contributed by atoms with E-state index in [1.807, 2.05) is 27.7 Å². The second kappa shape index (κ2) is 6.89. The third-order valence-electron chi connectivity index (χ3n) is 4.05. The van der Waals surface area contributed by atoms with E-state index in [1.165, 1.54) is 17.6 Å². The van der Waals surface area contributed by atoms with Crippen LogP contribution in [0.15, 0.2) is 16.3 Å². The van der Waals surface area contributed by atoms with Crippen LogP contribution in [-0.2, 0) is 9.53 Å². The van der Waals surface area contributed by atoms with E-state index < -0.39 is 5.97 Å². The molecule has 1 aliphatic rings. The fourth-order valence-corrected chi connectivity index (χ4v) is 3.70. The lowest BCUT2D eigenvalue weighted by Crippen LogP contribution is -2.26. The molecule has 0 fully saturated rings. The Morgan fingerprint density at radius 2 is 2.04 bits per heavy atom. The van der Waals surface area contributed by atoms with E-state index in [0.717, 1.165) is 10.4 Å². The van der Waals surface area contributed by atoms with Crippen LogP contribution in [-0.4, -0.2) is 29.7 Å².